The van der Waals surface area contributed by atoms with Crippen LogP contribution in [0.25, 0.3) is 10.9 Å². The number of H-pyrrole nitrogens is 1. The first-order valence-corrected chi connectivity index (χ1v) is 5.63. The van der Waals surface area contributed by atoms with Crippen molar-refractivity contribution >= 4 is 22.8 Å². The lowest BCUT2D eigenvalue weighted by atomic mass is 10.0. The Morgan fingerprint density at radius 2 is 2.11 bits per heavy atom. The first kappa shape index (κ1) is 12.8. The van der Waals surface area contributed by atoms with Crippen LogP contribution in [-0.4, -0.2) is 22.0 Å². The first-order chi connectivity index (χ1) is 9.04. The highest BCUT2D eigenvalue weighted by molar-refractivity contribution is 6.07. The number of aromatic nitrogens is 1. The monoisotopic (exact) mass is 261 g/mol. The molecule has 98 valence electrons. The Hall–Kier alpha value is -2.63. The van der Waals surface area contributed by atoms with E-state index >= 15 is 0 Å². The molecule has 2 N–H and O–H groups in total. The van der Waals surface area contributed by atoms with Crippen molar-refractivity contribution in [1.29, 1.82) is 0 Å². The number of benzene rings is 1. The van der Waals surface area contributed by atoms with E-state index in [2.05, 4.69) is 9.72 Å². The van der Waals surface area contributed by atoms with Crippen molar-refractivity contribution in [3.05, 3.63) is 40.2 Å². The Morgan fingerprint density at radius 3 is 2.74 bits per heavy atom. The molecule has 2 aromatic rings. The summed E-state index contributed by atoms with van der Waals surface area (Å²) < 4.78 is 4.38. The number of carbonyl (C=O) groups excluding carboxylic acids is 1. The van der Waals surface area contributed by atoms with E-state index in [9.17, 15) is 14.4 Å². The Morgan fingerprint density at radius 1 is 1.37 bits per heavy atom. The summed E-state index contributed by atoms with van der Waals surface area (Å²) in [7, 11) is 0. The largest absolute Gasteiger partial charge is 0.511 e. The number of Topliss-reactive ketones (excluding diaryl/α,β-unsaturated/α-hetero) is 1. The third kappa shape index (κ3) is 2.33. The van der Waals surface area contributed by atoms with E-state index < -0.39 is 11.6 Å². The summed E-state index contributed by atoms with van der Waals surface area (Å²) in [5, 5.41) is 8.69. The number of carbonyl (C=O) groups is 2. The molecular formula is C13H11NO5. The number of pyridine rings is 1. The molecule has 0 aliphatic heterocycles. The standard InChI is InChI=1S/C13H11NO5/c1-2-9(15)7-4-3-5-8-11(7)12(16)10(6-14-8)19-13(17)18/h3-6H,2H2,1H3,(H,14,16)(H,17,18). The summed E-state index contributed by atoms with van der Waals surface area (Å²) in [5.41, 5.74) is 0.104. The van der Waals surface area contributed by atoms with Gasteiger partial charge in [-0.3, -0.25) is 9.59 Å². The summed E-state index contributed by atoms with van der Waals surface area (Å²) in [6.45, 7) is 1.69. The smallest absolute Gasteiger partial charge is 0.449 e. The molecule has 2 rings (SSSR count). The predicted molar refractivity (Wildman–Crippen MR) is 67.8 cm³/mol. The molecule has 0 atom stereocenters. The summed E-state index contributed by atoms with van der Waals surface area (Å²) in [6.07, 6.45) is -0.161. The molecule has 0 spiro atoms. The third-order valence-corrected chi connectivity index (χ3v) is 2.69. The SMILES string of the molecule is CCC(=O)c1cccc2[nH]cc(OC(=O)O)c(=O)c12. The van der Waals surface area contributed by atoms with Gasteiger partial charge < -0.3 is 14.8 Å². The van der Waals surface area contributed by atoms with E-state index in [0.717, 1.165) is 0 Å². The van der Waals surface area contributed by atoms with Gasteiger partial charge in [0.1, 0.15) is 0 Å². The molecule has 0 saturated heterocycles. The molecule has 0 aliphatic carbocycles. The summed E-state index contributed by atoms with van der Waals surface area (Å²) in [4.78, 5) is 37.2. The Bertz CT molecular complexity index is 717. The van der Waals surface area contributed by atoms with Gasteiger partial charge in [-0.05, 0) is 6.07 Å². The van der Waals surface area contributed by atoms with Crippen LogP contribution in [0.1, 0.15) is 23.7 Å². The summed E-state index contributed by atoms with van der Waals surface area (Å²) in [5.74, 6) is -0.542. The highest BCUT2D eigenvalue weighted by Gasteiger charge is 2.15. The number of hydrogen-bond acceptors (Lipinski definition) is 4. The van der Waals surface area contributed by atoms with E-state index in [1.807, 2.05) is 0 Å². The maximum atomic E-state index is 12.1. The number of hydrogen-bond donors (Lipinski definition) is 2. The lowest BCUT2D eigenvalue weighted by molar-refractivity contribution is 0.0989. The van der Waals surface area contributed by atoms with Gasteiger partial charge in [0, 0.05) is 18.2 Å². The quantitative estimate of drug-likeness (QED) is 0.652. The van der Waals surface area contributed by atoms with Crippen LogP contribution >= 0.6 is 0 Å². The number of nitrogens with one attached hydrogen (secondary N) is 1. The fraction of sp³-hybridized carbons (Fsp3) is 0.154. The van der Waals surface area contributed by atoms with Crippen molar-refractivity contribution in [1.82, 2.24) is 4.98 Å². The summed E-state index contributed by atoms with van der Waals surface area (Å²) in [6, 6.07) is 4.82. The van der Waals surface area contributed by atoms with Gasteiger partial charge in [-0.1, -0.05) is 19.1 Å². The van der Waals surface area contributed by atoms with E-state index in [4.69, 9.17) is 5.11 Å². The molecule has 0 unspecified atom stereocenters. The lowest BCUT2D eigenvalue weighted by Crippen LogP contribution is -2.15. The van der Waals surface area contributed by atoms with Crippen molar-refractivity contribution in [2.24, 2.45) is 0 Å². The van der Waals surface area contributed by atoms with Crippen LogP contribution in [0.3, 0.4) is 0 Å². The Labute approximate surface area is 107 Å². The second-order valence-corrected chi connectivity index (χ2v) is 3.85. The number of carboxylic acid groups (broad SMARTS) is 1. The number of aromatic amines is 1. The van der Waals surface area contributed by atoms with Crippen LogP contribution in [0.4, 0.5) is 4.79 Å². The number of ketones is 1. The zero-order chi connectivity index (χ0) is 14.0. The maximum absolute atomic E-state index is 12.1. The second kappa shape index (κ2) is 4.93. The minimum atomic E-state index is -1.58. The summed E-state index contributed by atoms with van der Waals surface area (Å²) >= 11 is 0. The third-order valence-electron chi connectivity index (χ3n) is 2.69. The molecule has 0 aliphatic rings. The molecule has 6 heteroatoms. The molecule has 1 aromatic heterocycles. The molecule has 0 fully saturated rings. The molecule has 0 saturated carbocycles. The van der Waals surface area contributed by atoms with Crippen LogP contribution in [0, 0.1) is 0 Å². The number of fused-ring (bicyclic) bond motifs is 1. The van der Waals surface area contributed by atoms with Crippen LogP contribution < -0.4 is 10.2 Å². The molecular weight excluding hydrogens is 250 g/mol. The molecule has 19 heavy (non-hydrogen) atoms. The van der Waals surface area contributed by atoms with Gasteiger partial charge in [0.15, 0.2) is 11.5 Å². The molecule has 1 aromatic carbocycles. The fourth-order valence-corrected chi connectivity index (χ4v) is 1.84. The Kier molecular flexibility index (Phi) is 3.33. The highest BCUT2D eigenvalue weighted by Crippen LogP contribution is 2.17. The van der Waals surface area contributed by atoms with E-state index in [1.165, 1.54) is 12.3 Å². The fourth-order valence-electron chi connectivity index (χ4n) is 1.84. The number of ether oxygens (including phenoxy) is 1. The molecule has 1 heterocycles. The van der Waals surface area contributed by atoms with Crippen LogP contribution in [0.15, 0.2) is 29.2 Å². The van der Waals surface area contributed by atoms with Gasteiger partial charge in [0.05, 0.1) is 10.9 Å². The normalized spacial score (nSPS) is 10.4. The van der Waals surface area contributed by atoms with Gasteiger partial charge >= 0.3 is 6.16 Å². The minimum absolute atomic E-state index is 0.146. The van der Waals surface area contributed by atoms with Crippen molar-refractivity contribution in [2.45, 2.75) is 13.3 Å². The van der Waals surface area contributed by atoms with Gasteiger partial charge in [-0.2, -0.15) is 0 Å². The zero-order valence-electron chi connectivity index (χ0n) is 10.1. The maximum Gasteiger partial charge on any atom is 0.511 e. The van der Waals surface area contributed by atoms with E-state index in [1.54, 1.807) is 19.1 Å². The van der Waals surface area contributed by atoms with Gasteiger partial charge in [-0.25, -0.2) is 4.79 Å². The lowest BCUT2D eigenvalue weighted by Gasteiger charge is -2.06. The van der Waals surface area contributed by atoms with E-state index in [-0.39, 0.29) is 28.9 Å². The molecule has 0 amide bonds. The van der Waals surface area contributed by atoms with Crippen molar-refractivity contribution in [2.75, 3.05) is 0 Å². The number of rotatable bonds is 3. The van der Waals surface area contributed by atoms with Crippen molar-refractivity contribution in [3.8, 4) is 5.75 Å². The minimum Gasteiger partial charge on any atom is -0.449 e. The zero-order valence-corrected chi connectivity index (χ0v) is 10.1. The van der Waals surface area contributed by atoms with Gasteiger partial charge in [0.2, 0.25) is 5.43 Å². The van der Waals surface area contributed by atoms with Crippen LogP contribution in [-0.2, 0) is 0 Å². The average molecular weight is 261 g/mol. The second-order valence-electron chi connectivity index (χ2n) is 3.85. The first-order valence-electron chi connectivity index (χ1n) is 5.63. The predicted octanol–water partition coefficient (Wildman–Crippen LogP) is 2.18. The molecule has 0 bridgehead atoms. The average Bonchev–Trinajstić information content (AvgIpc) is 2.40. The highest BCUT2D eigenvalue weighted by atomic mass is 16.7. The van der Waals surface area contributed by atoms with Gasteiger partial charge in [-0.15, -0.1) is 0 Å². The van der Waals surface area contributed by atoms with Crippen LogP contribution in [0.5, 0.6) is 5.75 Å². The molecule has 0 radical (unpaired) electrons. The van der Waals surface area contributed by atoms with Crippen molar-refractivity contribution in [3.63, 3.8) is 0 Å². The van der Waals surface area contributed by atoms with Crippen molar-refractivity contribution < 1.29 is 19.4 Å². The van der Waals surface area contributed by atoms with E-state index in [0.29, 0.717) is 5.52 Å². The Balaban J connectivity index is 2.75. The van der Waals surface area contributed by atoms with Gasteiger partial charge in [0.25, 0.3) is 0 Å². The topological polar surface area (TPSA) is 96.5 Å². The molecule has 6 nitrogen and oxygen atoms in total. The van der Waals surface area contributed by atoms with Crippen LogP contribution in [0.2, 0.25) is 0 Å².